The predicted octanol–water partition coefficient (Wildman–Crippen LogP) is 1.78. The monoisotopic (exact) mass is 323 g/mol. The van der Waals surface area contributed by atoms with Crippen molar-refractivity contribution in [2.75, 3.05) is 32.7 Å². The van der Waals surface area contributed by atoms with E-state index in [1.807, 2.05) is 25.7 Å². The zero-order valence-electron chi connectivity index (χ0n) is 15.0. The molecule has 2 aliphatic rings. The Balaban J connectivity index is 1.74. The summed E-state index contributed by atoms with van der Waals surface area (Å²) in [5.74, 6) is 0.928. The molecule has 2 aliphatic heterocycles. The highest BCUT2D eigenvalue weighted by molar-refractivity contribution is 5.83. The van der Waals surface area contributed by atoms with E-state index >= 15 is 0 Å². The van der Waals surface area contributed by atoms with Crippen LogP contribution in [0.15, 0.2) is 0 Å². The van der Waals surface area contributed by atoms with E-state index in [1.165, 1.54) is 12.8 Å². The van der Waals surface area contributed by atoms with Crippen molar-refractivity contribution in [2.24, 2.45) is 17.3 Å². The van der Waals surface area contributed by atoms with E-state index in [0.717, 1.165) is 45.4 Å². The van der Waals surface area contributed by atoms with Gasteiger partial charge in [-0.15, -0.1) is 0 Å². The van der Waals surface area contributed by atoms with Gasteiger partial charge in [0, 0.05) is 25.0 Å². The van der Waals surface area contributed by atoms with Crippen LogP contribution < -0.4 is 10.6 Å². The summed E-state index contributed by atoms with van der Waals surface area (Å²) in [6, 6.07) is 0. The summed E-state index contributed by atoms with van der Waals surface area (Å²) in [7, 11) is 0. The molecule has 5 nitrogen and oxygen atoms in total. The van der Waals surface area contributed by atoms with Gasteiger partial charge in [-0.3, -0.25) is 9.59 Å². The predicted molar refractivity (Wildman–Crippen MR) is 92.0 cm³/mol. The first kappa shape index (κ1) is 18.2. The summed E-state index contributed by atoms with van der Waals surface area (Å²) in [5, 5.41) is 6.51. The van der Waals surface area contributed by atoms with Crippen molar-refractivity contribution in [1.82, 2.24) is 15.5 Å². The van der Waals surface area contributed by atoms with Crippen molar-refractivity contribution in [2.45, 2.75) is 52.9 Å². The first-order chi connectivity index (χ1) is 10.9. The van der Waals surface area contributed by atoms with Crippen molar-refractivity contribution in [3.8, 4) is 0 Å². The number of piperidine rings is 2. The summed E-state index contributed by atoms with van der Waals surface area (Å²) in [4.78, 5) is 26.7. The smallest absolute Gasteiger partial charge is 0.227 e. The summed E-state index contributed by atoms with van der Waals surface area (Å²) in [5.41, 5.74) is -0.369. The zero-order valence-corrected chi connectivity index (χ0v) is 15.0. The third-order valence-corrected chi connectivity index (χ3v) is 4.97. The Morgan fingerprint density at radius 3 is 2.65 bits per heavy atom. The topological polar surface area (TPSA) is 61.4 Å². The molecule has 5 heteroatoms. The Hall–Kier alpha value is -1.10. The lowest BCUT2D eigenvalue weighted by Gasteiger charge is -2.36. The molecule has 0 aromatic carbocycles. The van der Waals surface area contributed by atoms with Gasteiger partial charge in [-0.05, 0) is 51.1 Å². The number of rotatable bonds is 4. The quantitative estimate of drug-likeness (QED) is 0.829. The van der Waals surface area contributed by atoms with E-state index in [1.54, 1.807) is 0 Å². The standard InChI is InChI=1S/C18H33N3O2/c1-18(2,3)17(23)21-11-5-7-15(13-21)16(22)20-10-8-14-6-4-9-19-12-14/h14-15,19H,4-13H2,1-3H3,(H,20,22). The molecule has 2 unspecified atom stereocenters. The molecule has 0 saturated carbocycles. The molecule has 0 aliphatic carbocycles. The van der Waals surface area contributed by atoms with Crippen molar-refractivity contribution < 1.29 is 9.59 Å². The van der Waals surface area contributed by atoms with E-state index < -0.39 is 0 Å². The van der Waals surface area contributed by atoms with Crippen LogP contribution in [0.25, 0.3) is 0 Å². The van der Waals surface area contributed by atoms with Gasteiger partial charge in [-0.25, -0.2) is 0 Å². The molecule has 0 aromatic rings. The van der Waals surface area contributed by atoms with Crippen LogP contribution in [0.1, 0.15) is 52.9 Å². The average molecular weight is 323 g/mol. The van der Waals surface area contributed by atoms with E-state index in [4.69, 9.17) is 0 Å². The Kier molecular flexibility index (Phi) is 6.45. The van der Waals surface area contributed by atoms with Crippen LogP contribution in [0.4, 0.5) is 0 Å². The summed E-state index contributed by atoms with van der Waals surface area (Å²) >= 11 is 0. The van der Waals surface area contributed by atoms with E-state index in [0.29, 0.717) is 12.5 Å². The normalized spacial score (nSPS) is 26.0. The maximum Gasteiger partial charge on any atom is 0.227 e. The third-order valence-electron chi connectivity index (χ3n) is 4.97. The number of carbonyl (C=O) groups excluding carboxylic acids is 2. The summed E-state index contributed by atoms with van der Waals surface area (Å²) in [6.07, 6.45) is 5.37. The first-order valence-corrected chi connectivity index (χ1v) is 9.15. The van der Waals surface area contributed by atoms with Gasteiger partial charge in [-0.1, -0.05) is 20.8 Å². The number of carbonyl (C=O) groups is 2. The molecule has 2 rings (SSSR count). The lowest BCUT2D eigenvalue weighted by molar-refractivity contribution is -0.142. The second-order valence-electron chi connectivity index (χ2n) is 8.13. The Labute approximate surface area is 140 Å². The molecule has 23 heavy (non-hydrogen) atoms. The van der Waals surface area contributed by atoms with Gasteiger partial charge in [-0.2, -0.15) is 0 Å². The minimum atomic E-state index is -0.369. The average Bonchev–Trinajstić information content (AvgIpc) is 2.54. The van der Waals surface area contributed by atoms with Crippen molar-refractivity contribution in [3.05, 3.63) is 0 Å². The highest BCUT2D eigenvalue weighted by Crippen LogP contribution is 2.23. The van der Waals surface area contributed by atoms with E-state index in [-0.39, 0.29) is 23.1 Å². The molecule has 0 aromatic heterocycles. The van der Waals surface area contributed by atoms with Crippen LogP contribution >= 0.6 is 0 Å². The largest absolute Gasteiger partial charge is 0.356 e. The van der Waals surface area contributed by atoms with Crippen LogP contribution in [0, 0.1) is 17.3 Å². The molecular formula is C18H33N3O2. The van der Waals surface area contributed by atoms with Crippen molar-refractivity contribution >= 4 is 11.8 Å². The SMILES string of the molecule is CC(C)(C)C(=O)N1CCCC(C(=O)NCCC2CCCNC2)C1. The molecule has 2 fully saturated rings. The zero-order chi connectivity index (χ0) is 16.9. The van der Waals surface area contributed by atoms with Crippen molar-refractivity contribution in [1.29, 1.82) is 0 Å². The molecule has 2 atom stereocenters. The summed E-state index contributed by atoms with van der Waals surface area (Å²) < 4.78 is 0. The molecular weight excluding hydrogens is 290 g/mol. The second-order valence-corrected chi connectivity index (χ2v) is 8.13. The number of likely N-dealkylation sites (tertiary alicyclic amines) is 1. The molecule has 2 amide bonds. The highest BCUT2D eigenvalue weighted by atomic mass is 16.2. The summed E-state index contributed by atoms with van der Waals surface area (Å²) in [6.45, 7) is 10.1. The molecule has 0 radical (unpaired) electrons. The molecule has 2 N–H and O–H groups in total. The van der Waals surface area contributed by atoms with Gasteiger partial charge < -0.3 is 15.5 Å². The molecule has 2 saturated heterocycles. The van der Waals surface area contributed by atoms with Gasteiger partial charge in [0.25, 0.3) is 0 Å². The minimum absolute atomic E-state index is 0.0421. The van der Waals surface area contributed by atoms with Gasteiger partial charge in [0.05, 0.1) is 5.92 Å². The van der Waals surface area contributed by atoms with Crippen LogP contribution in [0.5, 0.6) is 0 Å². The molecule has 2 heterocycles. The fraction of sp³-hybridized carbons (Fsp3) is 0.889. The number of nitrogens with one attached hydrogen (secondary N) is 2. The minimum Gasteiger partial charge on any atom is -0.356 e. The maximum atomic E-state index is 12.4. The Bertz CT molecular complexity index is 411. The van der Waals surface area contributed by atoms with Gasteiger partial charge in [0.15, 0.2) is 0 Å². The van der Waals surface area contributed by atoms with Crippen LogP contribution in [-0.2, 0) is 9.59 Å². The maximum absolute atomic E-state index is 12.4. The van der Waals surface area contributed by atoms with Gasteiger partial charge >= 0.3 is 0 Å². The molecule has 0 spiro atoms. The van der Waals surface area contributed by atoms with Crippen LogP contribution in [-0.4, -0.2) is 49.4 Å². The van der Waals surface area contributed by atoms with Crippen molar-refractivity contribution in [3.63, 3.8) is 0 Å². The number of amides is 2. The number of nitrogens with zero attached hydrogens (tertiary/aromatic N) is 1. The number of hydrogen-bond donors (Lipinski definition) is 2. The second kappa shape index (κ2) is 8.13. The van der Waals surface area contributed by atoms with E-state index in [9.17, 15) is 9.59 Å². The Morgan fingerprint density at radius 1 is 1.22 bits per heavy atom. The molecule has 0 bridgehead atoms. The van der Waals surface area contributed by atoms with Crippen LogP contribution in [0.3, 0.4) is 0 Å². The Morgan fingerprint density at radius 2 is 2.00 bits per heavy atom. The highest BCUT2D eigenvalue weighted by Gasteiger charge is 2.33. The fourth-order valence-corrected chi connectivity index (χ4v) is 3.56. The van der Waals surface area contributed by atoms with E-state index in [2.05, 4.69) is 10.6 Å². The lowest BCUT2D eigenvalue weighted by Crippen LogP contribution is -2.49. The van der Waals surface area contributed by atoms with Gasteiger partial charge in [0.1, 0.15) is 0 Å². The van der Waals surface area contributed by atoms with Crippen LogP contribution in [0.2, 0.25) is 0 Å². The number of hydrogen-bond acceptors (Lipinski definition) is 3. The molecule has 132 valence electrons. The lowest BCUT2D eigenvalue weighted by atomic mass is 9.90. The first-order valence-electron chi connectivity index (χ1n) is 9.15. The third kappa shape index (κ3) is 5.48. The van der Waals surface area contributed by atoms with Gasteiger partial charge in [0.2, 0.25) is 11.8 Å². The fourth-order valence-electron chi connectivity index (χ4n) is 3.56.